The third kappa shape index (κ3) is 3.44. The number of fused-ring (bicyclic) bond motifs is 3. The van der Waals surface area contributed by atoms with E-state index in [0.717, 1.165) is 27.3 Å². The molecule has 2 aromatic carbocycles. The molecule has 4 aromatic rings. The molecule has 6 rings (SSSR count). The Bertz CT molecular complexity index is 1300. The van der Waals surface area contributed by atoms with Crippen molar-refractivity contribution in [1.29, 1.82) is 0 Å². The molecule has 7 nitrogen and oxygen atoms in total. The SMILES string of the molecule is COc1cc2c(cc1NC(=O)CSc1nnc(C3CC3)n1C1CC1)oc1ccccc12. The van der Waals surface area contributed by atoms with Crippen LogP contribution in [0.3, 0.4) is 0 Å². The molecule has 0 saturated heterocycles. The number of ether oxygens (including phenoxy) is 1. The number of nitrogens with zero attached hydrogens (tertiary/aromatic N) is 3. The Morgan fingerprint density at radius 1 is 1.16 bits per heavy atom. The molecule has 2 fully saturated rings. The number of nitrogens with one attached hydrogen (secondary N) is 1. The first-order chi connectivity index (χ1) is 15.2. The zero-order valence-corrected chi connectivity index (χ0v) is 17.9. The molecule has 2 aromatic heterocycles. The highest BCUT2D eigenvalue weighted by Gasteiger charge is 2.36. The van der Waals surface area contributed by atoms with E-state index >= 15 is 0 Å². The Balaban J connectivity index is 1.22. The van der Waals surface area contributed by atoms with Crippen LogP contribution < -0.4 is 10.1 Å². The van der Waals surface area contributed by atoms with Gasteiger partial charge in [0.05, 0.1) is 18.6 Å². The van der Waals surface area contributed by atoms with Crippen LogP contribution in [0.2, 0.25) is 0 Å². The van der Waals surface area contributed by atoms with Crippen LogP contribution in [0.5, 0.6) is 5.75 Å². The Morgan fingerprint density at radius 2 is 2.00 bits per heavy atom. The van der Waals surface area contributed by atoms with Gasteiger partial charge in [0.2, 0.25) is 5.91 Å². The summed E-state index contributed by atoms with van der Waals surface area (Å²) >= 11 is 1.44. The number of furan rings is 1. The minimum atomic E-state index is -0.114. The maximum Gasteiger partial charge on any atom is 0.234 e. The number of aromatic nitrogens is 3. The predicted molar refractivity (Wildman–Crippen MR) is 120 cm³/mol. The first kappa shape index (κ1) is 18.7. The molecular weight excluding hydrogens is 412 g/mol. The van der Waals surface area contributed by atoms with Crippen LogP contribution in [0.1, 0.15) is 43.5 Å². The molecule has 8 heteroatoms. The zero-order valence-electron chi connectivity index (χ0n) is 17.1. The molecule has 0 bridgehead atoms. The van der Waals surface area contributed by atoms with Gasteiger partial charge >= 0.3 is 0 Å². The van der Waals surface area contributed by atoms with Gasteiger partial charge in [-0.2, -0.15) is 0 Å². The van der Waals surface area contributed by atoms with Crippen molar-refractivity contribution in [2.75, 3.05) is 18.2 Å². The molecule has 1 amide bonds. The van der Waals surface area contributed by atoms with Crippen molar-refractivity contribution in [3.05, 3.63) is 42.2 Å². The molecule has 2 heterocycles. The summed E-state index contributed by atoms with van der Waals surface area (Å²) in [5.74, 6) is 2.40. The Hall–Kier alpha value is -3.00. The highest BCUT2D eigenvalue weighted by atomic mass is 32.2. The van der Waals surface area contributed by atoms with Gasteiger partial charge in [0.15, 0.2) is 5.16 Å². The van der Waals surface area contributed by atoms with E-state index < -0.39 is 0 Å². The lowest BCUT2D eigenvalue weighted by atomic mass is 10.1. The number of carbonyl (C=O) groups excluding carboxylic acids is 1. The number of para-hydroxylation sites is 1. The lowest BCUT2D eigenvalue weighted by Gasteiger charge is -2.11. The second kappa shape index (κ2) is 7.30. The van der Waals surface area contributed by atoms with E-state index in [1.165, 1.54) is 37.4 Å². The van der Waals surface area contributed by atoms with Crippen LogP contribution >= 0.6 is 11.8 Å². The minimum absolute atomic E-state index is 0.114. The summed E-state index contributed by atoms with van der Waals surface area (Å²) in [4.78, 5) is 12.7. The average molecular weight is 435 g/mol. The Labute approximate surface area is 183 Å². The molecule has 1 N–H and O–H groups in total. The monoisotopic (exact) mass is 434 g/mol. The summed E-state index contributed by atoms with van der Waals surface area (Å²) in [5, 5.41) is 14.6. The molecule has 2 saturated carbocycles. The summed E-state index contributed by atoms with van der Waals surface area (Å²) < 4.78 is 13.8. The number of carbonyl (C=O) groups is 1. The first-order valence-corrected chi connectivity index (χ1v) is 11.6. The fraction of sp³-hybridized carbons (Fsp3) is 0.348. The summed E-state index contributed by atoms with van der Waals surface area (Å²) in [6, 6.07) is 12.1. The van der Waals surface area contributed by atoms with Gasteiger partial charge in [0.1, 0.15) is 22.7 Å². The van der Waals surface area contributed by atoms with E-state index in [4.69, 9.17) is 9.15 Å². The minimum Gasteiger partial charge on any atom is -0.495 e. The zero-order chi connectivity index (χ0) is 20.9. The summed E-state index contributed by atoms with van der Waals surface area (Å²) in [6.07, 6.45) is 4.73. The van der Waals surface area contributed by atoms with E-state index in [1.54, 1.807) is 7.11 Å². The van der Waals surface area contributed by atoms with Crippen molar-refractivity contribution < 1.29 is 13.9 Å². The molecule has 0 atom stereocenters. The number of thioether (sulfide) groups is 1. The number of methoxy groups -OCH3 is 1. The van der Waals surface area contributed by atoms with Gasteiger partial charge in [-0.05, 0) is 37.8 Å². The maximum atomic E-state index is 12.7. The number of rotatable bonds is 7. The Kier molecular flexibility index (Phi) is 4.41. The molecule has 0 spiro atoms. The maximum absolute atomic E-state index is 12.7. The van der Waals surface area contributed by atoms with Crippen molar-refractivity contribution >= 4 is 45.3 Å². The smallest absolute Gasteiger partial charge is 0.234 e. The average Bonchev–Trinajstić information content (AvgIpc) is 3.72. The number of anilines is 1. The molecular formula is C23H22N4O3S. The third-order valence-electron chi connectivity index (χ3n) is 5.85. The van der Waals surface area contributed by atoms with E-state index in [2.05, 4.69) is 20.1 Å². The van der Waals surface area contributed by atoms with E-state index in [0.29, 0.717) is 29.0 Å². The standard InChI is InChI=1S/C23H22N4O3S/c1-29-20-10-16-15-4-2-3-5-18(15)30-19(16)11-17(20)24-21(28)12-31-23-26-25-22(13-6-7-13)27(23)14-8-9-14/h2-5,10-11,13-14H,6-9,12H2,1H3,(H,24,28). The molecule has 0 radical (unpaired) electrons. The molecule has 0 unspecified atom stereocenters. The van der Waals surface area contributed by atoms with E-state index in [-0.39, 0.29) is 11.7 Å². The normalized spacial score (nSPS) is 16.2. The van der Waals surface area contributed by atoms with Crippen LogP contribution in [0.4, 0.5) is 5.69 Å². The molecule has 2 aliphatic carbocycles. The van der Waals surface area contributed by atoms with Crippen molar-refractivity contribution in [3.8, 4) is 5.75 Å². The first-order valence-electron chi connectivity index (χ1n) is 10.6. The van der Waals surface area contributed by atoms with Crippen LogP contribution in [-0.4, -0.2) is 33.5 Å². The van der Waals surface area contributed by atoms with Gasteiger partial charge in [-0.15, -0.1) is 10.2 Å². The van der Waals surface area contributed by atoms with Gasteiger partial charge in [-0.1, -0.05) is 30.0 Å². The summed E-state index contributed by atoms with van der Waals surface area (Å²) in [5.41, 5.74) is 2.12. The molecule has 31 heavy (non-hydrogen) atoms. The topological polar surface area (TPSA) is 82.2 Å². The van der Waals surface area contributed by atoms with E-state index in [9.17, 15) is 4.79 Å². The molecule has 158 valence electrons. The summed E-state index contributed by atoms with van der Waals surface area (Å²) in [6.45, 7) is 0. The van der Waals surface area contributed by atoms with E-state index in [1.807, 2.05) is 36.4 Å². The van der Waals surface area contributed by atoms with Crippen molar-refractivity contribution in [2.24, 2.45) is 0 Å². The number of benzene rings is 2. The van der Waals surface area contributed by atoms with Gasteiger partial charge in [-0.3, -0.25) is 4.79 Å². The number of hydrogen-bond acceptors (Lipinski definition) is 6. The quantitative estimate of drug-likeness (QED) is 0.406. The number of amides is 1. The van der Waals surface area contributed by atoms with Gasteiger partial charge < -0.3 is 19.0 Å². The van der Waals surface area contributed by atoms with Crippen LogP contribution in [-0.2, 0) is 4.79 Å². The second-order valence-electron chi connectivity index (χ2n) is 8.20. The number of hydrogen-bond donors (Lipinski definition) is 1. The fourth-order valence-electron chi connectivity index (χ4n) is 4.02. The molecule has 0 aliphatic heterocycles. The lowest BCUT2D eigenvalue weighted by molar-refractivity contribution is -0.113. The Morgan fingerprint density at radius 3 is 2.77 bits per heavy atom. The third-order valence-corrected chi connectivity index (χ3v) is 6.79. The summed E-state index contributed by atoms with van der Waals surface area (Å²) in [7, 11) is 1.60. The predicted octanol–water partition coefficient (Wildman–Crippen LogP) is 5.13. The van der Waals surface area contributed by atoms with Gasteiger partial charge in [-0.25, -0.2) is 0 Å². The highest BCUT2D eigenvalue weighted by Crippen LogP contribution is 2.46. The van der Waals surface area contributed by atoms with Crippen LogP contribution in [0.25, 0.3) is 21.9 Å². The van der Waals surface area contributed by atoms with Crippen molar-refractivity contribution in [1.82, 2.24) is 14.8 Å². The molecule has 2 aliphatic rings. The van der Waals surface area contributed by atoms with Gasteiger partial charge in [0.25, 0.3) is 0 Å². The van der Waals surface area contributed by atoms with Crippen molar-refractivity contribution in [2.45, 2.75) is 42.8 Å². The van der Waals surface area contributed by atoms with Crippen LogP contribution in [0, 0.1) is 0 Å². The largest absolute Gasteiger partial charge is 0.495 e. The van der Waals surface area contributed by atoms with Crippen LogP contribution in [0.15, 0.2) is 46.0 Å². The van der Waals surface area contributed by atoms with Gasteiger partial charge in [0, 0.05) is 28.8 Å². The second-order valence-corrected chi connectivity index (χ2v) is 9.14. The highest BCUT2D eigenvalue weighted by molar-refractivity contribution is 7.99. The lowest BCUT2D eigenvalue weighted by Crippen LogP contribution is -2.15. The van der Waals surface area contributed by atoms with Crippen molar-refractivity contribution in [3.63, 3.8) is 0 Å². The fourth-order valence-corrected chi connectivity index (χ4v) is 4.83.